The monoisotopic (exact) mass is 356 g/mol. The van der Waals surface area contributed by atoms with Crippen molar-refractivity contribution in [3.05, 3.63) is 58.3 Å². The summed E-state index contributed by atoms with van der Waals surface area (Å²) in [5.41, 5.74) is 0.340. The maximum atomic E-state index is 12.9. The zero-order chi connectivity index (χ0) is 19.4. The Hall–Kier alpha value is -2.96. The Morgan fingerprint density at radius 3 is 2.35 bits per heavy atom. The Kier molecular flexibility index (Phi) is 5.92. The molecule has 1 N–H and O–H groups in total. The second-order valence-corrected chi connectivity index (χ2v) is 6.65. The largest absolute Gasteiger partial charge is 0.334 e. The van der Waals surface area contributed by atoms with Crippen LogP contribution in [-0.2, 0) is 7.05 Å². The first-order valence-electron chi connectivity index (χ1n) is 8.47. The number of nitrogens with one attached hydrogen (secondary N) is 1. The fourth-order valence-electron chi connectivity index (χ4n) is 2.82. The molecule has 7 nitrogen and oxygen atoms in total. The topological polar surface area (TPSA) is 84.3 Å². The van der Waals surface area contributed by atoms with Crippen molar-refractivity contribution >= 4 is 17.5 Å². The Balaban J connectivity index is 2.39. The predicted molar refractivity (Wildman–Crippen MR) is 100 cm³/mol. The van der Waals surface area contributed by atoms with E-state index in [-0.39, 0.29) is 29.2 Å². The lowest BCUT2D eigenvalue weighted by Gasteiger charge is -2.31. The molecule has 2 aromatic rings. The van der Waals surface area contributed by atoms with Crippen LogP contribution in [0.3, 0.4) is 0 Å². The molecule has 0 fully saturated rings. The van der Waals surface area contributed by atoms with Crippen LogP contribution in [-0.4, -0.2) is 38.3 Å². The van der Waals surface area contributed by atoms with Crippen molar-refractivity contribution in [1.82, 2.24) is 14.5 Å². The average Bonchev–Trinajstić information content (AvgIpc) is 2.58. The molecule has 0 aliphatic carbocycles. The molecule has 0 bridgehead atoms. The van der Waals surface area contributed by atoms with Crippen molar-refractivity contribution in [2.75, 3.05) is 5.32 Å². The molecule has 2 rings (SSSR count). The normalized spacial score (nSPS) is 10.9. The fraction of sp³-hybridized carbons (Fsp3) is 0.368. The summed E-state index contributed by atoms with van der Waals surface area (Å²) in [5, 5.41) is 2.58. The van der Waals surface area contributed by atoms with Crippen molar-refractivity contribution in [3.8, 4) is 0 Å². The van der Waals surface area contributed by atoms with Crippen molar-refractivity contribution < 1.29 is 9.59 Å². The Morgan fingerprint density at radius 1 is 1.15 bits per heavy atom. The van der Waals surface area contributed by atoms with Crippen LogP contribution in [0.5, 0.6) is 0 Å². The van der Waals surface area contributed by atoms with Crippen LogP contribution >= 0.6 is 0 Å². The van der Waals surface area contributed by atoms with Gasteiger partial charge in [-0.1, -0.05) is 0 Å². The molecule has 0 saturated carbocycles. The minimum Gasteiger partial charge on any atom is -0.334 e. The van der Waals surface area contributed by atoms with E-state index in [4.69, 9.17) is 0 Å². The van der Waals surface area contributed by atoms with Crippen LogP contribution in [0.25, 0.3) is 0 Å². The van der Waals surface area contributed by atoms with Crippen molar-refractivity contribution in [1.29, 1.82) is 0 Å². The van der Waals surface area contributed by atoms with Gasteiger partial charge in [0.2, 0.25) is 0 Å². The summed E-state index contributed by atoms with van der Waals surface area (Å²) in [7, 11) is 1.55. The van der Waals surface area contributed by atoms with Gasteiger partial charge in [0.05, 0.1) is 11.1 Å². The molecule has 0 aliphatic heterocycles. The first kappa shape index (κ1) is 19.4. The number of hydrogen-bond donors (Lipinski definition) is 1. The van der Waals surface area contributed by atoms with E-state index in [1.54, 1.807) is 30.3 Å². The van der Waals surface area contributed by atoms with E-state index in [2.05, 4.69) is 10.3 Å². The lowest BCUT2D eigenvalue weighted by atomic mass is 10.1. The van der Waals surface area contributed by atoms with Crippen LogP contribution in [0.2, 0.25) is 0 Å². The van der Waals surface area contributed by atoms with Crippen molar-refractivity contribution in [2.45, 2.75) is 39.8 Å². The molecular weight excluding hydrogens is 332 g/mol. The summed E-state index contributed by atoms with van der Waals surface area (Å²) in [6.45, 7) is 7.74. The molecule has 0 atom stereocenters. The second-order valence-electron chi connectivity index (χ2n) is 6.65. The SMILES string of the molecule is CC(C)N(C(=O)c1cc(NC(=O)c2cccnc2)c(=O)n(C)c1)C(C)C. The van der Waals surface area contributed by atoms with Crippen LogP contribution < -0.4 is 10.9 Å². The smallest absolute Gasteiger partial charge is 0.274 e. The molecule has 0 aromatic carbocycles. The minimum atomic E-state index is -0.454. The van der Waals surface area contributed by atoms with E-state index in [1.165, 1.54) is 23.0 Å². The Bertz CT molecular complexity index is 849. The molecule has 0 aliphatic rings. The quantitative estimate of drug-likeness (QED) is 0.891. The number of aromatic nitrogens is 2. The molecular formula is C19H24N4O3. The maximum Gasteiger partial charge on any atom is 0.274 e. The number of amides is 2. The average molecular weight is 356 g/mol. The highest BCUT2D eigenvalue weighted by atomic mass is 16.2. The highest BCUT2D eigenvalue weighted by molar-refractivity contribution is 6.04. The van der Waals surface area contributed by atoms with E-state index in [9.17, 15) is 14.4 Å². The number of carbonyl (C=O) groups is 2. The molecule has 0 saturated heterocycles. The van der Waals surface area contributed by atoms with E-state index >= 15 is 0 Å². The minimum absolute atomic E-state index is 0.00756. The van der Waals surface area contributed by atoms with Crippen LogP contribution in [0.15, 0.2) is 41.6 Å². The van der Waals surface area contributed by atoms with Gasteiger partial charge in [0.25, 0.3) is 17.4 Å². The second kappa shape index (κ2) is 7.95. The Labute approximate surface area is 152 Å². The fourth-order valence-corrected chi connectivity index (χ4v) is 2.82. The summed E-state index contributed by atoms with van der Waals surface area (Å²) < 4.78 is 1.30. The van der Waals surface area contributed by atoms with Gasteiger partial charge in [-0.3, -0.25) is 19.4 Å². The number of rotatable bonds is 5. The number of carbonyl (C=O) groups excluding carboxylic acids is 2. The van der Waals surface area contributed by atoms with E-state index < -0.39 is 5.91 Å². The van der Waals surface area contributed by atoms with Crippen LogP contribution in [0.1, 0.15) is 48.4 Å². The van der Waals surface area contributed by atoms with Gasteiger partial charge in [-0.05, 0) is 45.9 Å². The van der Waals surface area contributed by atoms with Gasteiger partial charge in [-0.25, -0.2) is 0 Å². The first-order chi connectivity index (χ1) is 12.2. The van der Waals surface area contributed by atoms with Gasteiger partial charge in [0.1, 0.15) is 5.69 Å². The molecule has 0 radical (unpaired) electrons. The maximum absolute atomic E-state index is 12.9. The molecule has 2 amide bonds. The molecule has 0 spiro atoms. The number of hydrogen-bond acceptors (Lipinski definition) is 4. The number of pyridine rings is 2. The van der Waals surface area contributed by atoms with E-state index in [0.717, 1.165) is 0 Å². The predicted octanol–water partition coefficient (Wildman–Crippen LogP) is 2.29. The van der Waals surface area contributed by atoms with Crippen molar-refractivity contribution in [3.63, 3.8) is 0 Å². The van der Waals surface area contributed by atoms with E-state index in [1.807, 2.05) is 27.7 Å². The summed E-state index contributed by atoms with van der Waals surface area (Å²) in [5.74, 6) is -0.646. The lowest BCUT2D eigenvalue weighted by Crippen LogP contribution is -2.42. The van der Waals surface area contributed by atoms with Gasteiger partial charge in [0.15, 0.2) is 0 Å². The van der Waals surface area contributed by atoms with Crippen molar-refractivity contribution in [2.24, 2.45) is 7.05 Å². The van der Waals surface area contributed by atoms with Gasteiger partial charge >= 0.3 is 0 Å². The lowest BCUT2D eigenvalue weighted by molar-refractivity contribution is 0.0642. The Morgan fingerprint density at radius 2 is 1.81 bits per heavy atom. The van der Waals surface area contributed by atoms with Crippen LogP contribution in [0.4, 0.5) is 5.69 Å². The van der Waals surface area contributed by atoms with Gasteiger partial charge < -0.3 is 14.8 Å². The third kappa shape index (κ3) is 4.17. The van der Waals surface area contributed by atoms with E-state index in [0.29, 0.717) is 11.1 Å². The number of anilines is 1. The molecule has 2 aromatic heterocycles. The third-order valence-corrected chi connectivity index (χ3v) is 3.95. The number of aryl methyl sites for hydroxylation is 1. The van der Waals surface area contributed by atoms with Gasteiger partial charge in [-0.2, -0.15) is 0 Å². The highest BCUT2D eigenvalue weighted by Crippen LogP contribution is 2.14. The first-order valence-corrected chi connectivity index (χ1v) is 8.47. The molecule has 0 unspecified atom stereocenters. The molecule has 7 heteroatoms. The molecule has 2 heterocycles. The van der Waals surface area contributed by atoms with Gasteiger partial charge in [0, 0.05) is 37.7 Å². The standard InChI is InChI=1S/C19H24N4O3/c1-12(2)23(13(3)4)18(25)15-9-16(19(26)22(5)11-15)21-17(24)14-7-6-8-20-10-14/h6-13H,1-5H3,(H,21,24). The molecule has 138 valence electrons. The summed E-state index contributed by atoms with van der Waals surface area (Å²) in [6, 6.07) is 4.68. The molecule has 26 heavy (non-hydrogen) atoms. The van der Waals surface area contributed by atoms with Crippen LogP contribution in [0, 0.1) is 0 Å². The van der Waals surface area contributed by atoms with Gasteiger partial charge in [-0.15, -0.1) is 0 Å². The summed E-state index contributed by atoms with van der Waals surface area (Å²) >= 11 is 0. The zero-order valence-corrected chi connectivity index (χ0v) is 15.7. The third-order valence-electron chi connectivity index (χ3n) is 3.95. The summed E-state index contributed by atoms with van der Waals surface area (Å²) in [4.78, 5) is 43.2. The zero-order valence-electron chi connectivity index (χ0n) is 15.7. The highest BCUT2D eigenvalue weighted by Gasteiger charge is 2.23. The summed E-state index contributed by atoms with van der Waals surface area (Å²) in [6.07, 6.45) is 4.46. The number of nitrogens with zero attached hydrogens (tertiary/aromatic N) is 3.